The van der Waals surface area contributed by atoms with Gasteiger partial charge in [-0.1, -0.05) is 17.3 Å². The number of sulfone groups is 1. The highest BCUT2D eigenvalue weighted by Crippen LogP contribution is 2.27. The molecule has 4 heterocycles. The van der Waals surface area contributed by atoms with Gasteiger partial charge in [0.05, 0.1) is 22.2 Å². The van der Waals surface area contributed by atoms with Crippen LogP contribution in [0.15, 0.2) is 70.5 Å². The van der Waals surface area contributed by atoms with Crippen LogP contribution in [-0.4, -0.2) is 69.6 Å². The summed E-state index contributed by atoms with van der Waals surface area (Å²) in [5.41, 5.74) is 1.87. The predicted molar refractivity (Wildman–Crippen MR) is 133 cm³/mol. The minimum atomic E-state index is -3.29. The van der Waals surface area contributed by atoms with Gasteiger partial charge in [0.15, 0.2) is 15.5 Å². The Morgan fingerprint density at radius 1 is 1.03 bits per heavy atom. The van der Waals surface area contributed by atoms with Crippen molar-refractivity contribution in [2.75, 3.05) is 19.3 Å². The van der Waals surface area contributed by atoms with Gasteiger partial charge in [0, 0.05) is 32.2 Å². The van der Waals surface area contributed by atoms with Crippen LogP contribution in [0.5, 0.6) is 5.88 Å². The van der Waals surface area contributed by atoms with Gasteiger partial charge in [-0.05, 0) is 36.4 Å². The molecule has 12 heteroatoms. The SMILES string of the molecule is CS(=O)(=O)c1ccc(-n2ncc3c(OC4CCN(C(=O)c5onc6ccccc56)CC4)ncnc32)cc1. The average Bonchev–Trinajstić information content (AvgIpc) is 3.54. The maximum Gasteiger partial charge on any atom is 0.293 e. The minimum absolute atomic E-state index is 0.133. The highest BCUT2D eigenvalue weighted by Gasteiger charge is 2.29. The van der Waals surface area contributed by atoms with Crippen LogP contribution in [0.2, 0.25) is 0 Å². The molecule has 0 N–H and O–H groups in total. The number of rotatable bonds is 5. The summed E-state index contributed by atoms with van der Waals surface area (Å²) < 4.78 is 36.7. The molecule has 0 bridgehead atoms. The number of carbonyl (C=O) groups excluding carboxylic acids is 1. The monoisotopic (exact) mass is 518 g/mol. The van der Waals surface area contributed by atoms with Gasteiger partial charge in [0.2, 0.25) is 11.6 Å². The number of hydrogen-bond acceptors (Lipinski definition) is 9. The van der Waals surface area contributed by atoms with E-state index in [1.807, 2.05) is 24.3 Å². The van der Waals surface area contributed by atoms with Gasteiger partial charge in [0.1, 0.15) is 23.3 Å². The molecule has 1 saturated heterocycles. The number of fused-ring (bicyclic) bond motifs is 2. The molecule has 1 fully saturated rings. The topological polar surface area (TPSA) is 133 Å². The van der Waals surface area contributed by atoms with Gasteiger partial charge in [-0.2, -0.15) is 5.10 Å². The van der Waals surface area contributed by atoms with Gasteiger partial charge < -0.3 is 14.2 Å². The summed E-state index contributed by atoms with van der Waals surface area (Å²) in [5, 5.41) is 9.74. The van der Waals surface area contributed by atoms with Crippen molar-refractivity contribution in [2.45, 2.75) is 23.8 Å². The van der Waals surface area contributed by atoms with E-state index in [4.69, 9.17) is 9.26 Å². The van der Waals surface area contributed by atoms with E-state index in [0.717, 1.165) is 0 Å². The molecule has 188 valence electrons. The summed E-state index contributed by atoms with van der Waals surface area (Å²) in [5.74, 6) is 0.485. The number of piperidine rings is 1. The van der Waals surface area contributed by atoms with Crippen LogP contribution in [0.4, 0.5) is 0 Å². The van der Waals surface area contributed by atoms with Crippen molar-refractivity contribution in [1.29, 1.82) is 0 Å². The maximum atomic E-state index is 13.0. The number of nitrogens with zero attached hydrogens (tertiary/aromatic N) is 6. The Morgan fingerprint density at radius 3 is 2.54 bits per heavy atom. The first-order valence-electron chi connectivity index (χ1n) is 11.7. The molecule has 0 atom stereocenters. The number of hydrogen-bond donors (Lipinski definition) is 0. The quantitative estimate of drug-likeness (QED) is 0.344. The molecule has 1 aliphatic heterocycles. The molecule has 11 nitrogen and oxygen atoms in total. The fourth-order valence-corrected chi connectivity index (χ4v) is 5.09. The Labute approximate surface area is 211 Å². The van der Waals surface area contributed by atoms with E-state index >= 15 is 0 Å². The summed E-state index contributed by atoms with van der Waals surface area (Å²) in [7, 11) is -3.29. The summed E-state index contributed by atoms with van der Waals surface area (Å²) in [6.07, 6.45) is 5.33. The normalized spacial score (nSPS) is 14.9. The lowest BCUT2D eigenvalue weighted by Gasteiger charge is -2.31. The zero-order valence-corrected chi connectivity index (χ0v) is 20.6. The highest BCUT2D eigenvalue weighted by molar-refractivity contribution is 7.90. The molecule has 0 unspecified atom stereocenters. The third-order valence-electron chi connectivity index (χ3n) is 6.42. The molecule has 3 aromatic heterocycles. The van der Waals surface area contributed by atoms with Crippen LogP contribution in [0.1, 0.15) is 23.4 Å². The van der Waals surface area contributed by atoms with Gasteiger partial charge in [0.25, 0.3) is 5.91 Å². The average molecular weight is 519 g/mol. The van der Waals surface area contributed by atoms with E-state index in [9.17, 15) is 13.2 Å². The summed E-state index contributed by atoms with van der Waals surface area (Å²) in [6, 6.07) is 13.8. The van der Waals surface area contributed by atoms with Crippen molar-refractivity contribution < 1.29 is 22.5 Å². The van der Waals surface area contributed by atoms with Crippen LogP contribution >= 0.6 is 0 Å². The molecule has 5 aromatic rings. The van der Waals surface area contributed by atoms with E-state index in [0.29, 0.717) is 59.4 Å². The fourth-order valence-electron chi connectivity index (χ4n) is 4.46. The Morgan fingerprint density at radius 2 is 1.78 bits per heavy atom. The van der Waals surface area contributed by atoms with Crippen LogP contribution in [0, 0.1) is 0 Å². The fraction of sp³-hybridized carbons (Fsp3) is 0.240. The third-order valence-corrected chi connectivity index (χ3v) is 7.55. The second kappa shape index (κ2) is 8.96. The number of aromatic nitrogens is 5. The number of carbonyl (C=O) groups is 1. The molecule has 2 aromatic carbocycles. The largest absolute Gasteiger partial charge is 0.474 e. The van der Waals surface area contributed by atoms with E-state index in [1.165, 1.54) is 24.7 Å². The summed E-state index contributed by atoms with van der Waals surface area (Å²) in [6.45, 7) is 1.03. The van der Waals surface area contributed by atoms with Crippen LogP contribution in [0.3, 0.4) is 0 Å². The van der Waals surface area contributed by atoms with Crippen molar-refractivity contribution >= 4 is 37.7 Å². The first kappa shape index (κ1) is 23.1. The van der Waals surface area contributed by atoms with E-state index in [1.54, 1.807) is 27.9 Å². The van der Waals surface area contributed by atoms with Gasteiger partial charge >= 0.3 is 0 Å². The minimum Gasteiger partial charge on any atom is -0.474 e. The second-order valence-electron chi connectivity index (χ2n) is 8.88. The highest BCUT2D eigenvalue weighted by atomic mass is 32.2. The molecule has 1 aliphatic rings. The number of ether oxygens (including phenoxy) is 1. The molecule has 0 spiro atoms. The Bertz CT molecular complexity index is 1720. The second-order valence-corrected chi connectivity index (χ2v) is 10.9. The van der Waals surface area contributed by atoms with Gasteiger partial charge in [-0.3, -0.25) is 4.79 Å². The number of likely N-dealkylation sites (tertiary alicyclic amines) is 1. The Balaban J connectivity index is 1.16. The number of amides is 1. The molecule has 0 aliphatic carbocycles. The molecule has 0 saturated carbocycles. The summed E-state index contributed by atoms with van der Waals surface area (Å²) >= 11 is 0. The van der Waals surface area contributed by atoms with E-state index < -0.39 is 9.84 Å². The molecule has 1 amide bonds. The Kier molecular flexibility index (Phi) is 5.60. The van der Waals surface area contributed by atoms with Crippen molar-refractivity contribution in [3.63, 3.8) is 0 Å². The van der Waals surface area contributed by atoms with Gasteiger partial charge in [-0.25, -0.2) is 23.1 Å². The molecule has 37 heavy (non-hydrogen) atoms. The predicted octanol–water partition coefficient (Wildman–Crippen LogP) is 3.04. The maximum absolute atomic E-state index is 13.0. The van der Waals surface area contributed by atoms with E-state index in [2.05, 4.69) is 20.2 Å². The number of benzene rings is 2. The van der Waals surface area contributed by atoms with Crippen molar-refractivity contribution in [3.8, 4) is 11.6 Å². The standard InChI is InChI=1S/C25H22N6O5S/c1-37(33,34)18-8-6-16(7-9-18)31-23-20(14-28-31)24(27-15-26-23)35-17-10-12-30(13-11-17)25(32)22-19-4-2-3-5-21(19)29-36-22/h2-9,14-15,17H,10-13H2,1H3. The van der Waals surface area contributed by atoms with Crippen LogP contribution in [0.25, 0.3) is 27.6 Å². The van der Waals surface area contributed by atoms with Crippen molar-refractivity contribution in [2.24, 2.45) is 0 Å². The summed E-state index contributed by atoms with van der Waals surface area (Å²) in [4.78, 5) is 23.7. The zero-order chi connectivity index (χ0) is 25.6. The molecular formula is C25H22N6O5S. The molecular weight excluding hydrogens is 496 g/mol. The first-order valence-corrected chi connectivity index (χ1v) is 13.6. The van der Waals surface area contributed by atoms with Crippen molar-refractivity contribution in [3.05, 3.63) is 66.8 Å². The van der Waals surface area contributed by atoms with Crippen molar-refractivity contribution in [1.82, 2.24) is 29.8 Å². The smallest absolute Gasteiger partial charge is 0.293 e. The zero-order valence-electron chi connectivity index (χ0n) is 19.8. The van der Waals surface area contributed by atoms with Crippen LogP contribution < -0.4 is 4.74 Å². The first-order chi connectivity index (χ1) is 17.9. The lowest BCUT2D eigenvalue weighted by Crippen LogP contribution is -2.41. The van der Waals surface area contributed by atoms with Gasteiger partial charge in [-0.15, -0.1) is 0 Å². The molecule has 6 rings (SSSR count). The third kappa shape index (κ3) is 4.29. The molecule has 0 radical (unpaired) electrons. The lowest BCUT2D eigenvalue weighted by molar-refractivity contribution is 0.0556. The van der Waals surface area contributed by atoms with Crippen LogP contribution in [-0.2, 0) is 9.84 Å². The van der Waals surface area contributed by atoms with E-state index in [-0.39, 0.29) is 22.7 Å². The Hall–Kier alpha value is -4.32. The lowest BCUT2D eigenvalue weighted by atomic mass is 10.1.